The molecule has 4 nitrogen and oxygen atoms in total. The van der Waals surface area contributed by atoms with Gasteiger partial charge in [-0.2, -0.15) is 0 Å². The average molecular weight is 810 g/mol. The van der Waals surface area contributed by atoms with Crippen LogP contribution in [0.5, 0.6) is 0 Å². The maximum atomic E-state index is 6.27. The molecular weight excluding hydrogens is 767 g/mol. The van der Waals surface area contributed by atoms with E-state index in [1.54, 1.807) is 0 Å². The molecule has 0 saturated carbocycles. The Morgan fingerprint density at radius 3 is 1.62 bits per heavy atom. The first kappa shape index (κ1) is 35.5. The maximum absolute atomic E-state index is 6.27. The van der Waals surface area contributed by atoms with E-state index in [-0.39, 0.29) is 7.43 Å². The molecule has 2 aliphatic carbocycles. The topological polar surface area (TPSA) is 41.1 Å². The molecule has 2 unspecified atom stereocenters. The Bertz CT molecular complexity index is 1830. The molecule has 4 heterocycles. The zero-order chi connectivity index (χ0) is 32.5. The van der Waals surface area contributed by atoms with Crippen molar-refractivity contribution in [1.82, 2.24) is 20.2 Å². The summed E-state index contributed by atoms with van der Waals surface area (Å²) in [6, 6.07) is 20.9. The summed E-state index contributed by atoms with van der Waals surface area (Å²) in [6.07, 6.45) is 13.0. The van der Waals surface area contributed by atoms with Crippen LogP contribution in [0.1, 0.15) is 89.7 Å². The van der Waals surface area contributed by atoms with Crippen LogP contribution in [-0.2, 0) is 0 Å². The molecule has 8 heteroatoms. The Morgan fingerprint density at radius 2 is 1.15 bits per heavy atom. The van der Waals surface area contributed by atoms with Crippen LogP contribution in [0, 0.1) is 11.8 Å². The fourth-order valence-corrected chi connectivity index (χ4v) is 9.38. The highest BCUT2D eigenvalue weighted by Gasteiger charge is 2.34. The number of pyridine rings is 2. The number of hydrogen-bond acceptors (Lipinski definition) is 4. The molecule has 8 rings (SSSR count). The summed E-state index contributed by atoms with van der Waals surface area (Å²) in [6.45, 7) is 4.48. The molecule has 2 saturated heterocycles. The van der Waals surface area contributed by atoms with Crippen molar-refractivity contribution in [2.24, 2.45) is 11.8 Å². The van der Waals surface area contributed by atoms with Gasteiger partial charge in [-0.15, -0.1) is 0 Å². The number of nitrogens with zero attached hydrogens (tertiary/aromatic N) is 3. The molecule has 250 valence electrons. The van der Waals surface area contributed by atoms with E-state index in [4.69, 9.17) is 33.2 Å². The molecule has 2 aromatic heterocycles. The average Bonchev–Trinajstić information content (AvgIpc) is 3.29. The van der Waals surface area contributed by atoms with Crippen LogP contribution in [0.2, 0.25) is 10.0 Å². The quantitative estimate of drug-likeness (QED) is 0.219. The van der Waals surface area contributed by atoms with E-state index in [1.807, 2.05) is 36.7 Å². The van der Waals surface area contributed by atoms with Gasteiger partial charge in [-0.1, -0.05) is 86.8 Å². The van der Waals surface area contributed by atoms with Gasteiger partial charge >= 0.3 is 0 Å². The van der Waals surface area contributed by atoms with Crippen LogP contribution >= 0.6 is 55.1 Å². The van der Waals surface area contributed by atoms with Gasteiger partial charge < -0.3 is 10.2 Å². The van der Waals surface area contributed by atoms with Crippen molar-refractivity contribution in [3.8, 4) is 0 Å². The van der Waals surface area contributed by atoms with Crippen LogP contribution in [0.15, 0.2) is 73.1 Å². The largest absolute Gasteiger partial charge is 0.317 e. The first-order valence-electron chi connectivity index (χ1n) is 16.5. The highest BCUT2D eigenvalue weighted by molar-refractivity contribution is 9.15. The number of likely N-dealkylation sites (tertiary alicyclic amines) is 1. The lowest BCUT2D eigenvalue weighted by Gasteiger charge is -2.35. The molecule has 2 fully saturated rings. The standard InChI is InChI=1S/C20H20BrClN2.C19H18BrClN2.CH4/c1-24-9-6-13(7-10-24)19-16-5-4-15(22)11-14(16)12-18(21)17-3-2-8-23-20(17)19;20-17-11-13-10-14(21)3-4-15(13)18(12-5-8-22-9-6-12)19-16(17)2-1-7-23-19;/h2-5,8,11-13,19H,6-7,9-10H2,1H3;1-4,7,10-12,18,22H,5-6,8-9H2;1H4. The van der Waals surface area contributed by atoms with Crippen molar-refractivity contribution in [3.05, 3.63) is 128 Å². The van der Waals surface area contributed by atoms with Gasteiger partial charge in [0.05, 0.1) is 11.4 Å². The van der Waals surface area contributed by atoms with Gasteiger partial charge in [0.25, 0.3) is 0 Å². The Hall–Kier alpha value is -2.32. The van der Waals surface area contributed by atoms with Crippen LogP contribution in [0.3, 0.4) is 0 Å². The predicted octanol–water partition coefficient (Wildman–Crippen LogP) is 11.1. The van der Waals surface area contributed by atoms with E-state index in [0.29, 0.717) is 23.7 Å². The number of piperidine rings is 2. The smallest absolute Gasteiger partial charge is 0.0564 e. The lowest BCUT2D eigenvalue weighted by Crippen LogP contribution is -2.33. The normalized spacial score (nSPS) is 20.9. The van der Waals surface area contributed by atoms with Gasteiger partial charge in [0.1, 0.15) is 0 Å². The molecule has 48 heavy (non-hydrogen) atoms. The van der Waals surface area contributed by atoms with Crippen molar-refractivity contribution < 1.29 is 0 Å². The van der Waals surface area contributed by atoms with E-state index in [9.17, 15) is 0 Å². The summed E-state index contributed by atoms with van der Waals surface area (Å²) < 4.78 is 2.17. The lowest BCUT2D eigenvalue weighted by atomic mass is 9.76. The van der Waals surface area contributed by atoms with Gasteiger partial charge in [0, 0.05) is 54.4 Å². The molecule has 0 bridgehead atoms. The molecule has 2 atom stereocenters. The number of hydrogen-bond donors (Lipinski definition) is 1. The van der Waals surface area contributed by atoms with E-state index in [1.165, 1.54) is 70.5 Å². The zero-order valence-electron chi connectivity index (χ0n) is 26.4. The molecule has 2 aromatic carbocycles. The molecule has 0 radical (unpaired) electrons. The Morgan fingerprint density at radius 1 is 0.688 bits per heavy atom. The summed E-state index contributed by atoms with van der Waals surface area (Å²) in [5.74, 6) is 1.87. The second kappa shape index (κ2) is 15.7. The third-order valence-electron chi connectivity index (χ3n) is 10.2. The second-order valence-corrected chi connectivity index (χ2v) is 15.7. The van der Waals surface area contributed by atoms with Gasteiger partial charge in [0.15, 0.2) is 0 Å². The first-order chi connectivity index (χ1) is 22.9. The van der Waals surface area contributed by atoms with Gasteiger partial charge in [-0.25, -0.2) is 0 Å². The number of nitrogens with one attached hydrogen (secondary N) is 1. The first-order valence-corrected chi connectivity index (χ1v) is 18.8. The second-order valence-electron chi connectivity index (χ2n) is 13.1. The fourth-order valence-electron chi connectivity index (χ4n) is 7.86. The number of fused-ring (bicyclic) bond motifs is 4. The van der Waals surface area contributed by atoms with Gasteiger partial charge in [-0.05, 0) is 142 Å². The number of halogens is 4. The molecule has 0 spiro atoms. The monoisotopic (exact) mass is 806 g/mol. The summed E-state index contributed by atoms with van der Waals surface area (Å²) >= 11 is 20.0. The minimum atomic E-state index is 0. The Balaban J connectivity index is 0.000000164. The van der Waals surface area contributed by atoms with Crippen LogP contribution in [-0.4, -0.2) is 48.1 Å². The summed E-state index contributed by atoms with van der Waals surface area (Å²) in [4.78, 5) is 12.0. The molecule has 0 amide bonds. The van der Waals surface area contributed by atoms with Crippen molar-refractivity contribution in [2.45, 2.75) is 44.9 Å². The summed E-state index contributed by atoms with van der Waals surface area (Å²) in [5, 5.41) is 5.04. The van der Waals surface area contributed by atoms with Crippen molar-refractivity contribution in [1.29, 1.82) is 0 Å². The minimum absolute atomic E-state index is 0. The number of benzene rings is 2. The third kappa shape index (κ3) is 7.40. The highest BCUT2D eigenvalue weighted by Crippen LogP contribution is 2.47. The third-order valence-corrected chi connectivity index (χ3v) is 12.0. The predicted molar refractivity (Wildman–Crippen MR) is 211 cm³/mol. The Labute approximate surface area is 312 Å². The number of rotatable bonds is 2. The van der Waals surface area contributed by atoms with Crippen LogP contribution in [0.4, 0.5) is 0 Å². The van der Waals surface area contributed by atoms with Crippen LogP contribution in [0.25, 0.3) is 21.1 Å². The molecule has 4 aromatic rings. The summed E-state index contributed by atoms with van der Waals surface area (Å²) in [5.41, 5.74) is 9.87. The highest BCUT2D eigenvalue weighted by atomic mass is 79.9. The summed E-state index contributed by atoms with van der Waals surface area (Å²) in [7, 11) is 2.21. The Kier molecular flexibility index (Phi) is 11.6. The van der Waals surface area contributed by atoms with Crippen molar-refractivity contribution >= 4 is 76.2 Å². The van der Waals surface area contributed by atoms with Gasteiger partial charge in [-0.3, -0.25) is 9.97 Å². The molecule has 1 N–H and O–H groups in total. The molecule has 4 aliphatic rings. The van der Waals surface area contributed by atoms with Crippen LogP contribution < -0.4 is 5.32 Å². The lowest BCUT2D eigenvalue weighted by molar-refractivity contribution is 0.206. The van der Waals surface area contributed by atoms with Crippen molar-refractivity contribution in [2.75, 3.05) is 33.2 Å². The maximum Gasteiger partial charge on any atom is 0.0564 e. The number of aromatic nitrogens is 2. The minimum Gasteiger partial charge on any atom is -0.317 e. The molecule has 2 aliphatic heterocycles. The van der Waals surface area contributed by atoms with Crippen molar-refractivity contribution in [3.63, 3.8) is 0 Å². The zero-order valence-corrected chi connectivity index (χ0v) is 31.1. The van der Waals surface area contributed by atoms with E-state index < -0.39 is 0 Å². The van der Waals surface area contributed by atoms with Gasteiger partial charge in [0.2, 0.25) is 0 Å². The fraction of sp³-hybridized carbons (Fsp3) is 0.350. The van der Waals surface area contributed by atoms with E-state index in [2.05, 4.69) is 97.7 Å². The molecular formula is C40H42Br2Cl2N4. The SMILES string of the molecule is C.CN1CCC(C2c3ccc(Cl)cc3C=C(Br)c3cccnc32)CC1.Clc1ccc2c(c1)C=C(Br)c1cccnc1C2C1CCNCC1. The van der Waals surface area contributed by atoms with E-state index in [0.717, 1.165) is 45.2 Å². The van der Waals surface area contributed by atoms with E-state index >= 15 is 0 Å².